The monoisotopic (exact) mass is 200 g/mol. The average Bonchev–Trinajstić information content (AvgIpc) is 2.19. The highest BCUT2D eigenvalue weighted by Crippen LogP contribution is 2.00. The molecule has 0 unspecified atom stereocenters. The summed E-state index contributed by atoms with van der Waals surface area (Å²) in [7, 11) is 0. The first kappa shape index (κ1) is 11.5. The molecule has 1 aliphatic heterocycles. The standard InChI is InChI=1S/C10H20N2O2/c1-8(2)9(3)12-14-7-10-6-11-4-5-13-10/h8,10-11H,4-7H2,1-3H3/b12-9+/t10-/m1/s1. The van der Waals surface area contributed by atoms with Gasteiger partial charge in [-0.2, -0.15) is 0 Å². The van der Waals surface area contributed by atoms with Gasteiger partial charge < -0.3 is 14.9 Å². The molecule has 4 heteroatoms. The Bertz CT molecular complexity index is 187. The number of ether oxygens (including phenoxy) is 1. The van der Waals surface area contributed by atoms with E-state index in [1.807, 2.05) is 6.92 Å². The zero-order valence-electron chi connectivity index (χ0n) is 9.25. The van der Waals surface area contributed by atoms with E-state index >= 15 is 0 Å². The van der Waals surface area contributed by atoms with E-state index in [2.05, 4.69) is 24.3 Å². The molecule has 0 aliphatic carbocycles. The first-order valence-electron chi connectivity index (χ1n) is 5.19. The van der Waals surface area contributed by atoms with Crippen molar-refractivity contribution in [1.82, 2.24) is 5.32 Å². The molecule has 1 N–H and O–H groups in total. The second-order valence-electron chi connectivity index (χ2n) is 3.88. The largest absolute Gasteiger partial charge is 0.393 e. The molecule has 0 saturated carbocycles. The van der Waals surface area contributed by atoms with Crippen LogP contribution >= 0.6 is 0 Å². The molecular formula is C10H20N2O2. The van der Waals surface area contributed by atoms with Gasteiger partial charge in [0.25, 0.3) is 0 Å². The van der Waals surface area contributed by atoms with Crippen LogP contribution in [0, 0.1) is 5.92 Å². The van der Waals surface area contributed by atoms with E-state index < -0.39 is 0 Å². The van der Waals surface area contributed by atoms with Gasteiger partial charge >= 0.3 is 0 Å². The molecule has 1 heterocycles. The molecule has 0 aromatic carbocycles. The van der Waals surface area contributed by atoms with Gasteiger partial charge in [-0.15, -0.1) is 0 Å². The van der Waals surface area contributed by atoms with Crippen molar-refractivity contribution in [2.75, 3.05) is 26.3 Å². The third-order valence-electron chi connectivity index (χ3n) is 2.31. The molecule has 1 rings (SSSR count). The molecule has 0 aromatic rings. The molecule has 0 spiro atoms. The normalized spacial score (nSPS) is 24.0. The number of hydrogen-bond donors (Lipinski definition) is 1. The molecule has 0 amide bonds. The van der Waals surface area contributed by atoms with Crippen LogP contribution in [0.15, 0.2) is 5.16 Å². The van der Waals surface area contributed by atoms with Crippen LogP contribution in [0.5, 0.6) is 0 Å². The van der Waals surface area contributed by atoms with Crippen LogP contribution in [0.25, 0.3) is 0 Å². The van der Waals surface area contributed by atoms with Gasteiger partial charge in [0.1, 0.15) is 12.7 Å². The van der Waals surface area contributed by atoms with Crippen molar-refractivity contribution in [1.29, 1.82) is 0 Å². The zero-order chi connectivity index (χ0) is 10.4. The van der Waals surface area contributed by atoms with Crippen molar-refractivity contribution in [3.63, 3.8) is 0 Å². The quantitative estimate of drug-likeness (QED) is 0.544. The first-order chi connectivity index (χ1) is 6.70. The average molecular weight is 200 g/mol. The minimum absolute atomic E-state index is 0.146. The van der Waals surface area contributed by atoms with Crippen LogP contribution in [-0.4, -0.2) is 38.1 Å². The van der Waals surface area contributed by atoms with E-state index in [4.69, 9.17) is 9.57 Å². The van der Waals surface area contributed by atoms with E-state index in [9.17, 15) is 0 Å². The number of oxime groups is 1. The summed E-state index contributed by atoms with van der Waals surface area (Å²) in [6.07, 6.45) is 0.146. The smallest absolute Gasteiger partial charge is 0.144 e. The van der Waals surface area contributed by atoms with E-state index in [0.717, 1.165) is 25.4 Å². The first-order valence-corrected chi connectivity index (χ1v) is 5.19. The van der Waals surface area contributed by atoms with Gasteiger partial charge in [-0.05, 0) is 12.8 Å². The fraction of sp³-hybridized carbons (Fsp3) is 0.900. The van der Waals surface area contributed by atoms with Crippen LogP contribution in [0.1, 0.15) is 20.8 Å². The lowest BCUT2D eigenvalue weighted by Gasteiger charge is -2.22. The predicted octanol–water partition coefficient (Wildman–Crippen LogP) is 1.02. The third-order valence-corrected chi connectivity index (χ3v) is 2.31. The minimum atomic E-state index is 0.146. The SMILES string of the molecule is C/C(=N\OC[C@H]1CNCCO1)C(C)C. The number of hydrogen-bond acceptors (Lipinski definition) is 4. The Labute approximate surface area is 85.6 Å². The zero-order valence-corrected chi connectivity index (χ0v) is 9.25. The number of nitrogens with one attached hydrogen (secondary N) is 1. The number of morpholine rings is 1. The Kier molecular flexibility index (Phi) is 4.90. The van der Waals surface area contributed by atoms with E-state index in [1.165, 1.54) is 0 Å². The summed E-state index contributed by atoms with van der Waals surface area (Å²) in [6, 6.07) is 0. The van der Waals surface area contributed by atoms with E-state index in [1.54, 1.807) is 0 Å². The molecule has 1 aliphatic rings. The molecule has 1 fully saturated rings. The molecule has 82 valence electrons. The molecule has 1 atom stereocenters. The summed E-state index contributed by atoms with van der Waals surface area (Å²) in [5.41, 5.74) is 1.02. The van der Waals surface area contributed by atoms with Gasteiger partial charge in [-0.3, -0.25) is 0 Å². The second-order valence-corrected chi connectivity index (χ2v) is 3.88. The van der Waals surface area contributed by atoms with E-state index in [0.29, 0.717) is 12.5 Å². The fourth-order valence-corrected chi connectivity index (χ4v) is 1.05. The fourth-order valence-electron chi connectivity index (χ4n) is 1.05. The van der Waals surface area contributed by atoms with Crippen LogP contribution < -0.4 is 5.32 Å². The highest BCUT2D eigenvalue weighted by atomic mass is 16.6. The van der Waals surface area contributed by atoms with E-state index in [-0.39, 0.29) is 6.10 Å². The van der Waals surface area contributed by atoms with Gasteiger partial charge in [0.2, 0.25) is 0 Å². The van der Waals surface area contributed by atoms with Crippen molar-refractivity contribution >= 4 is 5.71 Å². The Hall–Kier alpha value is -0.610. The Balaban J connectivity index is 2.16. The number of nitrogens with zero attached hydrogens (tertiary/aromatic N) is 1. The molecule has 0 radical (unpaired) electrons. The van der Waals surface area contributed by atoms with Gasteiger partial charge in [0.15, 0.2) is 0 Å². The lowest BCUT2D eigenvalue weighted by atomic mass is 10.1. The maximum absolute atomic E-state index is 5.46. The van der Waals surface area contributed by atoms with Crippen LogP contribution in [0.2, 0.25) is 0 Å². The molecule has 14 heavy (non-hydrogen) atoms. The maximum Gasteiger partial charge on any atom is 0.144 e. The Morgan fingerprint density at radius 3 is 3.00 bits per heavy atom. The third kappa shape index (κ3) is 4.07. The predicted molar refractivity (Wildman–Crippen MR) is 56.5 cm³/mol. The molecule has 1 saturated heterocycles. The second kappa shape index (κ2) is 5.98. The van der Waals surface area contributed by atoms with Crippen molar-refractivity contribution in [2.24, 2.45) is 11.1 Å². The summed E-state index contributed by atoms with van der Waals surface area (Å²) in [6.45, 7) is 9.27. The molecule has 0 aromatic heterocycles. The van der Waals surface area contributed by atoms with Crippen molar-refractivity contribution in [3.8, 4) is 0 Å². The highest BCUT2D eigenvalue weighted by molar-refractivity contribution is 5.83. The molecule has 0 bridgehead atoms. The minimum Gasteiger partial charge on any atom is -0.393 e. The summed E-state index contributed by atoms with van der Waals surface area (Å²) in [5, 5.41) is 7.27. The van der Waals surface area contributed by atoms with Crippen molar-refractivity contribution in [3.05, 3.63) is 0 Å². The topological polar surface area (TPSA) is 42.8 Å². The van der Waals surface area contributed by atoms with Gasteiger partial charge in [-0.25, -0.2) is 0 Å². The van der Waals surface area contributed by atoms with Crippen molar-refractivity contribution in [2.45, 2.75) is 26.9 Å². The Morgan fingerprint density at radius 1 is 1.64 bits per heavy atom. The van der Waals surface area contributed by atoms with Crippen molar-refractivity contribution < 1.29 is 9.57 Å². The lowest BCUT2D eigenvalue weighted by Crippen LogP contribution is -2.40. The van der Waals surface area contributed by atoms with Crippen LogP contribution in [0.3, 0.4) is 0 Å². The van der Waals surface area contributed by atoms with Gasteiger partial charge in [-0.1, -0.05) is 19.0 Å². The summed E-state index contributed by atoms with van der Waals surface area (Å²) in [5.74, 6) is 0.445. The highest BCUT2D eigenvalue weighted by Gasteiger charge is 2.13. The van der Waals surface area contributed by atoms with Crippen LogP contribution in [0.4, 0.5) is 0 Å². The van der Waals surface area contributed by atoms with Gasteiger partial charge in [0.05, 0.1) is 12.3 Å². The van der Waals surface area contributed by atoms with Crippen LogP contribution in [-0.2, 0) is 9.57 Å². The summed E-state index contributed by atoms with van der Waals surface area (Å²) >= 11 is 0. The molecule has 4 nitrogen and oxygen atoms in total. The summed E-state index contributed by atoms with van der Waals surface area (Å²) in [4.78, 5) is 5.22. The van der Waals surface area contributed by atoms with Gasteiger partial charge in [0, 0.05) is 13.1 Å². The summed E-state index contributed by atoms with van der Waals surface area (Å²) < 4.78 is 5.46. The maximum atomic E-state index is 5.46. The lowest BCUT2D eigenvalue weighted by molar-refractivity contribution is -0.0304. The molecular weight excluding hydrogens is 180 g/mol. The number of rotatable bonds is 4. The Morgan fingerprint density at radius 2 is 2.43 bits per heavy atom.